The summed E-state index contributed by atoms with van der Waals surface area (Å²) in [4.78, 5) is 10.1. The molecule has 0 radical (unpaired) electrons. The van der Waals surface area contributed by atoms with Crippen LogP contribution in [0.4, 0.5) is 0 Å². The second kappa shape index (κ2) is 13.9. The van der Waals surface area contributed by atoms with Crippen LogP contribution in [0.5, 0.6) is 0 Å². The van der Waals surface area contributed by atoms with Crippen molar-refractivity contribution in [3.63, 3.8) is 0 Å². The van der Waals surface area contributed by atoms with Gasteiger partial charge in [0, 0.05) is 51.3 Å². The topological polar surface area (TPSA) is 105 Å². The molecule has 2 rings (SSSR count). The molecule has 0 aliphatic rings. The van der Waals surface area contributed by atoms with Crippen molar-refractivity contribution in [3.8, 4) is 0 Å². The Morgan fingerprint density at radius 2 is 2.07 bits per heavy atom. The first-order chi connectivity index (χ1) is 14.0. The largest absolute Gasteiger partial charge is 0.383 e. The Kier molecular flexibility index (Phi) is 12.4. The van der Waals surface area contributed by atoms with Crippen LogP contribution in [0.25, 0.3) is 0 Å². The fourth-order valence-electron chi connectivity index (χ4n) is 2.51. The number of sulfonamides is 1. The maximum Gasteiger partial charge on any atom is 0.240 e. The van der Waals surface area contributed by atoms with Crippen LogP contribution in [-0.2, 0) is 34.1 Å². The molecule has 0 aliphatic carbocycles. The van der Waals surface area contributed by atoms with E-state index in [1.807, 2.05) is 12.3 Å². The zero-order valence-electron chi connectivity index (χ0n) is 17.5. The van der Waals surface area contributed by atoms with Crippen LogP contribution >= 0.6 is 35.3 Å². The standard InChI is InChI=1S/C19H29N5O3S2.HI/c1-4-16-14-22-18(28-16)8-9-21-19(20-2)23-13-15-6-5-7-17(12-15)29(25,26)24-10-11-27-3;/h5-7,12,14,24H,4,8-11,13H2,1-3H3,(H2,20,21,23);1H. The van der Waals surface area contributed by atoms with E-state index in [9.17, 15) is 8.42 Å². The fourth-order valence-corrected chi connectivity index (χ4v) is 4.45. The number of nitrogens with zero attached hydrogens (tertiary/aromatic N) is 2. The molecule has 3 N–H and O–H groups in total. The molecule has 8 nitrogen and oxygen atoms in total. The number of guanidine groups is 1. The van der Waals surface area contributed by atoms with Gasteiger partial charge in [-0.05, 0) is 24.1 Å². The van der Waals surface area contributed by atoms with E-state index >= 15 is 0 Å². The number of aliphatic imine (C=N–C) groups is 1. The van der Waals surface area contributed by atoms with Crippen molar-refractivity contribution in [1.82, 2.24) is 20.3 Å². The molecule has 1 aromatic carbocycles. The third-order valence-corrected chi connectivity index (χ3v) is 6.73. The number of aryl methyl sites for hydroxylation is 1. The van der Waals surface area contributed by atoms with Crippen LogP contribution in [0.2, 0.25) is 0 Å². The van der Waals surface area contributed by atoms with E-state index in [2.05, 4.69) is 32.3 Å². The first-order valence-corrected chi connectivity index (χ1v) is 11.7. The van der Waals surface area contributed by atoms with Gasteiger partial charge in [0.2, 0.25) is 10.0 Å². The summed E-state index contributed by atoms with van der Waals surface area (Å²) >= 11 is 1.73. The Morgan fingerprint density at radius 3 is 2.73 bits per heavy atom. The average molecular weight is 568 g/mol. The number of benzene rings is 1. The number of aromatic nitrogens is 1. The third-order valence-electron chi connectivity index (χ3n) is 4.07. The summed E-state index contributed by atoms with van der Waals surface area (Å²) in [6.45, 7) is 3.85. The van der Waals surface area contributed by atoms with E-state index in [-0.39, 0.29) is 35.4 Å². The predicted octanol–water partition coefficient (Wildman–Crippen LogP) is 2.16. The second-order valence-corrected chi connectivity index (χ2v) is 9.18. The molecule has 0 bridgehead atoms. The van der Waals surface area contributed by atoms with Crippen LogP contribution < -0.4 is 15.4 Å². The van der Waals surface area contributed by atoms with Gasteiger partial charge in [-0.15, -0.1) is 35.3 Å². The minimum absolute atomic E-state index is 0. The Labute approximate surface area is 200 Å². The smallest absolute Gasteiger partial charge is 0.240 e. The van der Waals surface area contributed by atoms with Crippen molar-refractivity contribution in [2.24, 2.45) is 4.99 Å². The number of halogens is 1. The van der Waals surface area contributed by atoms with Crippen molar-refractivity contribution in [1.29, 1.82) is 0 Å². The van der Waals surface area contributed by atoms with Gasteiger partial charge in [-0.2, -0.15) is 0 Å². The van der Waals surface area contributed by atoms with Crippen LogP contribution in [0.1, 0.15) is 22.4 Å². The van der Waals surface area contributed by atoms with Crippen molar-refractivity contribution in [3.05, 3.63) is 45.9 Å². The van der Waals surface area contributed by atoms with Crippen LogP contribution in [0.3, 0.4) is 0 Å². The van der Waals surface area contributed by atoms with E-state index < -0.39 is 10.0 Å². The molecule has 0 aliphatic heterocycles. The quantitative estimate of drug-likeness (QED) is 0.167. The molecular formula is C19H30IN5O3S2. The average Bonchev–Trinajstić information content (AvgIpc) is 3.19. The van der Waals surface area contributed by atoms with E-state index in [1.54, 1.807) is 36.6 Å². The fraction of sp³-hybridized carbons (Fsp3) is 0.474. The van der Waals surface area contributed by atoms with E-state index in [0.717, 1.165) is 23.4 Å². The Hall–Kier alpha value is -1.28. The van der Waals surface area contributed by atoms with Crippen LogP contribution in [-0.4, -0.2) is 53.2 Å². The lowest BCUT2D eigenvalue weighted by atomic mass is 10.2. The maximum absolute atomic E-state index is 12.3. The summed E-state index contributed by atoms with van der Waals surface area (Å²) in [6, 6.07) is 6.82. The molecule has 0 spiro atoms. The molecule has 0 saturated carbocycles. The van der Waals surface area contributed by atoms with Gasteiger partial charge < -0.3 is 15.4 Å². The lowest BCUT2D eigenvalue weighted by Crippen LogP contribution is -2.37. The van der Waals surface area contributed by atoms with Gasteiger partial charge in [0.05, 0.1) is 16.5 Å². The molecular weight excluding hydrogens is 537 g/mol. The summed E-state index contributed by atoms with van der Waals surface area (Å²) in [5, 5.41) is 7.56. The monoisotopic (exact) mass is 567 g/mol. The lowest BCUT2D eigenvalue weighted by molar-refractivity contribution is 0.204. The van der Waals surface area contributed by atoms with E-state index in [0.29, 0.717) is 25.7 Å². The lowest BCUT2D eigenvalue weighted by Gasteiger charge is -2.12. The second-order valence-electron chi connectivity index (χ2n) is 6.21. The number of nitrogens with one attached hydrogen (secondary N) is 3. The SMILES string of the molecule is CCc1cnc(CCNC(=NC)NCc2cccc(S(=O)(=O)NCCOC)c2)s1.I. The van der Waals surface area contributed by atoms with Crippen LogP contribution in [0.15, 0.2) is 40.4 Å². The summed E-state index contributed by atoms with van der Waals surface area (Å²) in [5.41, 5.74) is 0.843. The van der Waals surface area contributed by atoms with Crippen molar-refractivity contribution >= 4 is 51.3 Å². The van der Waals surface area contributed by atoms with Gasteiger partial charge in [-0.3, -0.25) is 4.99 Å². The van der Waals surface area contributed by atoms with Gasteiger partial charge in [-0.25, -0.2) is 18.1 Å². The number of rotatable bonds is 11. The normalized spacial score (nSPS) is 11.8. The molecule has 0 fully saturated rings. The number of methoxy groups -OCH3 is 1. The molecule has 1 aromatic heterocycles. The third kappa shape index (κ3) is 8.84. The van der Waals surface area contributed by atoms with Gasteiger partial charge >= 0.3 is 0 Å². The highest BCUT2D eigenvalue weighted by Gasteiger charge is 2.13. The molecule has 30 heavy (non-hydrogen) atoms. The predicted molar refractivity (Wildman–Crippen MR) is 132 cm³/mol. The minimum Gasteiger partial charge on any atom is -0.383 e. The first kappa shape index (κ1) is 26.8. The molecule has 2 aromatic rings. The molecule has 0 amide bonds. The van der Waals surface area contributed by atoms with Gasteiger partial charge in [-0.1, -0.05) is 19.1 Å². The van der Waals surface area contributed by atoms with Crippen LogP contribution in [0, 0.1) is 0 Å². The molecule has 11 heteroatoms. The van der Waals surface area contributed by atoms with Gasteiger partial charge in [0.25, 0.3) is 0 Å². The maximum atomic E-state index is 12.3. The molecule has 0 atom stereocenters. The number of ether oxygens (including phenoxy) is 1. The Balaban J connectivity index is 0.00000450. The van der Waals surface area contributed by atoms with Crippen molar-refractivity contribution in [2.45, 2.75) is 31.2 Å². The van der Waals surface area contributed by atoms with E-state index in [4.69, 9.17) is 4.74 Å². The molecule has 0 saturated heterocycles. The highest BCUT2D eigenvalue weighted by Crippen LogP contribution is 2.13. The summed E-state index contributed by atoms with van der Waals surface area (Å²) in [5.74, 6) is 0.656. The highest BCUT2D eigenvalue weighted by atomic mass is 127. The highest BCUT2D eigenvalue weighted by molar-refractivity contribution is 14.0. The number of hydrogen-bond donors (Lipinski definition) is 3. The van der Waals surface area contributed by atoms with Crippen molar-refractivity contribution in [2.75, 3.05) is 33.9 Å². The zero-order chi connectivity index (χ0) is 21.1. The Morgan fingerprint density at radius 1 is 1.27 bits per heavy atom. The van der Waals surface area contributed by atoms with Gasteiger partial charge in [0.1, 0.15) is 0 Å². The molecule has 0 unspecified atom stereocenters. The first-order valence-electron chi connectivity index (χ1n) is 9.44. The Bertz CT molecular complexity index is 903. The van der Waals surface area contributed by atoms with Crippen molar-refractivity contribution < 1.29 is 13.2 Å². The molecule has 1 heterocycles. The summed E-state index contributed by atoms with van der Waals surface area (Å²) in [7, 11) is -0.322. The molecule has 168 valence electrons. The van der Waals surface area contributed by atoms with Gasteiger partial charge in [0.15, 0.2) is 5.96 Å². The van der Waals surface area contributed by atoms with E-state index in [1.165, 1.54) is 12.0 Å². The number of hydrogen-bond acceptors (Lipinski definition) is 6. The summed E-state index contributed by atoms with van der Waals surface area (Å²) < 4.78 is 32.0. The zero-order valence-corrected chi connectivity index (χ0v) is 21.4. The summed E-state index contributed by atoms with van der Waals surface area (Å²) in [6.07, 6.45) is 3.76. The number of thiazole rings is 1. The minimum atomic E-state index is -3.55.